The van der Waals surface area contributed by atoms with Gasteiger partial charge in [-0.25, -0.2) is 0 Å². The normalized spacial score (nSPS) is 20.1. The number of amides is 1. The molecule has 1 heterocycles. The smallest absolute Gasteiger partial charge is 0.238 e. The van der Waals surface area contributed by atoms with Gasteiger partial charge >= 0.3 is 0 Å². The summed E-state index contributed by atoms with van der Waals surface area (Å²) in [6, 6.07) is 17.4. The monoisotopic (exact) mass is 351 g/mol. The van der Waals surface area contributed by atoms with Crippen LogP contribution in [0.1, 0.15) is 28.8 Å². The first kappa shape index (κ1) is 18.3. The lowest BCUT2D eigenvalue weighted by atomic mass is 9.89. The van der Waals surface area contributed by atoms with Gasteiger partial charge < -0.3 is 11.1 Å². The molecule has 0 bridgehead atoms. The highest BCUT2D eigenvalue weighted by atomic mass is 16.2. The van der Waals surface area contributed by atoms with Gasteiger partial charge in [0.1, 0.15) is 0 Å². The Morgan fingerprint density at radius 1 is 1.12 bits per heavy atom. The van der Waals surface area contributed by atoms with Gasteiger partial charge in [0, 0.05) is 30.3 Å². The summed E-state index contributed by atoms with van der Waals surface area (Å²) in [5, 5.41) is 2.89. The molecule has 3 N–H and O–H groups in total. The minimum absolute atomic E-state index is 0.0165. The van der Waals surface area contributed by atoms with Crippen LogP contribution in [0.3, 0.4) is 0 Å². The average Bonchev–Trinajstić information content (AvgIpc) is 3.05. The van der Waals surface area contributed by atoms with E-state index >= 15 is 0 Å². The predicted octanol–water partition coefficient (Wildman–Crippen LogP) is 2.50. The molecule has 1 fully saturated rings. The maximum Gasteiger partial charge on any atom is 0.238 e. The second-order valence-electron chi connectivity index (χ2n) is 6.89. The minimum atomic E-state index is -0.0739. The zero-order chi connectivity index (χ0) is 18.5. The number of carbonyl (C=O) groups is 2. The van der Waals surface area contributed by atoms with Gasteiger partial charge in [0.2, 0.25) is 5.91 Å². The number of rotatable bonds is 6. The number of nitrogens with zero attached hydrogens (tertiary/aromatic N) is 1. The quantitative estimate of drug-likeness (QED) is 0.784. The number of likely N-dealkylation sites (tertiary alicyclic amines) is 1. The van der Waals surface area contributed by atoms with Gasteiger partial charge in [-0.3, -0.25) is 14.5 Å². The molecule has 0 aromatic heterocycles. The Balaban J connectivity index is 1.61. The lowest BCUT2D eigenvalue weighted by Crippen LogP contribution is -2.32. The van der Waals surface area contributed by atoms with Crippen molar-refractivity contribution in [3.05, 3.63) is 65.7 Å². The molecular formula is C21H25N3O2. The maximum atomic E-state index is 12.4. The first-order chi connectivity index (χ1) is 12.6. The summed E-state index contributed by atoms with van der Waals surface area (Å²) in [6.07, 6.45) is 0. The van der Waals surface area contributed by atoms with Crippen LogP contribution in [0.4, 0.5) is 5.69 Å². The fourth-order valence-electron chi connectivity index (χ4n) is 3.63. The Labute approximate surface area is 154 Å². The molecule has 5 heteroatoms. The van der Waals surface area contributed by atoms with Crippen LogP contribution in [-0.4, -0.2) is 42.8 Å². The van der Waals surface area contributed by atoms with Crippen LogP contribution in [0.5, 0.6) is 0 Å². The molecule has 2 aromatic carbocycles. The zero-order valence-corrected chi connectivity index (χ0v) is 15.0. The fraction of sp³-hybridized carbons (Fsp3) is 0.333. The van der Waals surface area contributed by atoms with Crippen LogP contribution < -0.4 is 11.1 Å². The van der Waals surface area contributed by atoms with E-state index in [9.17, 15) is 9.59 Å². The van der Waals surface area contributed by atoms with Crippen LogP contribution in [0.2, 0.25) is 0 Å². The third-order valence-corrected chi connectivity index (χ3v) is 4.97. The third-order valence-electron chi connectivity index (χ3n) is 4.97. The van der Waals surface area contributed by atoms with Gasteiger partial charge in [-0.2, -0.15) is 0 Å². The fourth-order valence-corrected chi connectivity index (χ4v) is 3.63. The molecule has 26 heavy (non-hydrogen) atoms. The Kier molecular flexibility index (Phi) is 5.81. The molecule has 0 aliphatic carbocycles. The topological polar surface area (TPSA) is 75.4 Å². The standard InChI is InChI=1S/C21H25N3O2/c1-15(25)17-8-5-9-19(10-17)23-21(26)14-24-12-18(11-22)20(13-24)16-6-3-2-4-7-16/h2-10,18,20H,11-14,22H2,1H3,(H,23,26)/t18-,20+/m1/s1. The summed E-state index contributed by atoms with van der Waals surface area (Å²) >= 11 is 0. The van der Waals surface area contributed by atoms with Crippen molar-refractivity contribution < 1.29 is 9.59 Å². The van der Waals surface area contributed by atoms with Crippen LogP contribution in [0.15, 0.2) is 54.6 Å². The molecule has 2 atom stereocenters. The summed E-state index contributed by atoms with van der Waals surface area (Å²) in [6.45, 7) is 4.09. The second kappa shape index (κ2) is 8.25. The number of carbonyl (C=O) groups excluding carboxylic acids is 2. The van der Waals surface area contributed by atoms with E-state index in [1.807, 2.05) is 18.2 Å². The van der Waals surface area contributed by atoms with Gasteiger partial charge in [-0.15, -0.1) is 0 Å². The summed E-state index contributed by atoms with van der Waals surface area (Å²) in [5.74, 6) is 0.619. The number of benzene rings is 2. The van der Waals surface area contributed by atoms with E-state index in [1.54, 1.807) is 24.3 Å². The summed E-state index contributed by atoms with van der Waals surface area (Å²) in [7, 11) is 0. The molecule has 3 rings (SSSR count). The van der Waals surface area contributed by atoms with Crippen molar-refractivity contribution in [2.45, 2.75) is 12.8 Å². The van der Waals surface area contributed by atoms with Crippen molar-refractivity contribution in [2.75, 3.05) is 31.5 Å². The highest BCUT2D eigenvalue weighted by Crippen LogP contribution is 2.31. The lowest BCUT2D eigenvalue weighted by molar-refractivity contribution is -0.117. The Bertz CT molecular complexity index is 776. The molecule has 5 nitrogen and oxygen atoms in total. The van der Waals surface area contributed by atoms with Crippen molar-refractivity contribution in [3.63, 3.8) is 0 Å². The van der Waals surface area contributed by atoms with E-state index < -0.39 is 0 Å². The van der Waals surface area contributed by atoms with E-state index in [1.165, 1.54) is 12.5 Å². The number of hydrogen-bond donors (Lipinski definition) is 2. The second-order valence-corrected chi connectivity index (χ2v) is 6.89. The van der Waals surface area contributed by atoms with Crippen molar-refractivity contribution in [1.82, 2.24) is 4.90 Å². The molecule has 0 spiro atoms. The highest BCUT2D eigenvalue weighted by molar-refractivity contribution is 5.97. The van der Waals surface area contributed by atoms with Crippen LogP contribution >= 0.6 is 0 Å². The third kappa shape index (κ3) is 4.36. The molecule has 1 aliphatic rings. The molecule has 0 radical (unpaired) electrons. The van der Waals surface area contributed by atoms with Gasteiger partial charge in [-0.05, 0) is 37.1 Å². The molecule has 2 aromatic rings. The minimum Gasteiger partial charge on any atom is -0.330 e. The first-order valence-electron chi connectivity index (χ1n) is 8.95. The van der Waals surface area contributed by atoms with Crippen LogP contribution in [0, 0.1) is 5.92 Å². The number of nitrogens with one attached hydrogen (secondary N) is 1. The van der Waals surface area contributed by atoms with E-state index in [2.05, 4.69) is 22.3 Å². The highest BCUT2D eigenvalue weighted by Gasteiger charge is 2.33. The molecular weight excluding hydrogens is 326 g/mol. The molecule has 136 valence electrons. The van der Waals surface area contributed by atoms with Crippen molar-refractivity contribution in [1.29, 1.82) is 0 Å². The van der Waals surface area contributed by atoms with E-state index in [0.717, 1.165) is 13.1 Å². The number of Topliss-reactive ketones (excluding diaryl/α,β-unsaturated/α-hetero) is 1. The van der Waals surface area contributed by atoms with E-state index in [-0.39, 0.29) is 11.7 Å². The average molecular weight is 351 g/mol. The van der Waals surface area contributed by atoms with Crippen molar-refractivity contribution in [3.8, 4) is 0 Å². The predicted molar refractivity (Wildman–Crippen MR) is 103 cm³/mol. The zero-order valence-electron chi connectivity index (χ0n) is 15.0. The largest absolute Gasteiger partial charge is 0.330 e. The number of ketones is 1. The van der Waals surface area contributed by atoms with E-state index in [4.69, 9.17) is 5.73 Å². The van der Waals surface area contributed by atoms with Crippen LogP contribution in [0.25, 0.3) is 0 Å². The Hall–Kier alpha value is -2.50. The lowest BCUT2D eigenvalue weighted by Gasteiger charge is -2.16. The van der Waals surface area contributed by atoms with Crippen molar-refractivity contribution in [2.24, 2.45) is 11.7 Å². The first-order valence-corrected chi connectivity index (χ1v) is 8.95. The SMILES string of the molecule is CC(=O)c1cccc(NC(=O)CN2C[C@@H](CN)[C@H](c3ccccc3)C2)c1. The number of nitrogens with two attached hydrogens (primary N) is 1. The Morgan fingerprint density at radius 2 is 1.88 bits per heavy atom. The maximum absolute atomic E-state index is 12.4. The Morgan fingerprint density at radius 3 is 2.58 bits per heavy atom. The summed E-state index contributed by atoms with van der Waals surface area (Å²) in [4.78, 5) is 26.0. The number of anilines is 1. The molecule has 0 unspecified atom stereocenters. The van der Waals surface area contributed by atoms with Gasteiger partial charge in [-0.1, -0.05) is 42.5 Å². The molecule has 1 aliphatic heterocycles. The van der Waals surface area contributed by atoms with Gasteiger partial charge in [0.25, 0.3) is 0 Å². The van der Waals surface area contributed by atoms with Crippen LogP contribution in [-0.2, 0) is 4.79 Å². The number of hydrogen-bond acceptors (Lipinski definition) is 4. The summed E-state index contributed by atoms with van der Waals surface area (Å²) < 4.78 is 0. The molecule has 0 saturated carbocycles. The molecule has 1 saturated heterocycles. The van der Waals surface area contributed by atoms with Gasteiger partial charge in [0.15, 0.2) is 5.78 Å². The summed E-state index contributed by atoms with van der Waals surface area (Å²) in [5.41, 5.74) is 8.49. The van der Waals surface area contributed by atoms with Gasteiger partial charge in [0.05, 0.1) is 6.54 Å². The molecule has 1 amide bonds. The van der Waals surface area contributed by atoms with Crippen molar-refractivity contribution >= 4 is 17.4 Å². The van der Waals surface area contributed by atoms with E-state index in [0.29, 0.717) is 36.2 Å².